The van der Waals surface area contributed by atoms with Gasteiger partial charge in [-0.25, -0.2) is 0 Å². The van der Waals surface area contributed by atoms with Crippen molar-refractivity contribution in [3.63, 3.8) is 0 Å². The number of nitro groups is 1. The van der Waals surface area contributed by atoms with Gasteiger partial charge in [-0.1, -0.05) is 19.1 Å². The van der Waals surface area contributed by atoms with Crippen LogP contribution >= 0.6 is 11.8 Å². The van der Waals surface area contributed by atoms with Crippen molar-refractivity contribution in [2.75, 3.05) is 6.54 Å². The third-order valence-corrected chi connectivity index (χ3v) is 3.25. The van der Waals surface area contributed by atoms with E-state index in [1.807, 2.05) is 13.0 Å². The highest BCUT2D eigenvalue weighted by atomic mass is 32.2. The van der Waals surface area contributed by atoms with E-state index < -0.39 is 0 Å². The zero-order valence-electron chi connectivity index (χ0n) is 8.55. The number of thioether (sulfide) groups is 1. The van der Waals surface area contributed by atoms with Gasteiger partial charge >= 0.3 is 0 Å². The van der Waals surface area contributed by atoms with Gasteiger partial charge in [0.15, 0.2) is 0 Å². The van der Waals surface area contributed by atoms with Gasteiger partial charge in [0.1, 0.15) is 0 Å². The smallest absolute Gasteiger partial charge is 0.269 e. The number of rotatable bonds is 5. The third kappa shape index (κ3) is 3.89. The van der Waals surface area contributed by atoms with Crippen molar-refractivity contribution in [3.8, 4) is 0 Å². The highest BCUT2D eigenvalue weighted by Gasteiger charge is 2.06. The predicted molar refractivity (Wildman–Crippen MR) is 62.9 cm³/mol. The Morgan fingerprint density at radius 3 is 2.93 bits per heavy atom. The molecule has 1 rings (SSSR count). The first-order chi connectivity index (χ1) is 7.13. The molecule has 1 aromatic carbocycles. The molecule has 5 heteroatoms. The quantitative estimate of drug-likeness (QED) is 0.617. The molecule has 0 aliphatic heterocycles. The lowest BCUT2D eigenvalue weighted by atomic mass is 10.2. The number of hydrogen-bond donors (Lipinski definition) is 1. The summed E-state index contributed by atoms with van der Waals surface area (Å²) in [6.07, 6.45) is 0. The second kappa shape index (κ2) is 5.72. The van der Waals surface area contributed by atoms with Gasteiger partial charge in [0.25, 0.3) is 5.69 Å². The SMILES string of the molecule is CC(CN)SCc1cccc([N+](=O)[O-])c1. The molecule has 0 aliphatic carbocycles. The zero-order chi connectivity index (χ0) is 11.3. The predicted octanol–water partition coefficient (Wildman–Crippen LogP) is 2.18. The maximum atomic E-state index is 10.5. The first-order valence-electron chi connectivity index (χ1n) is 4.68. The molecule has 1 atom stereocenters. The second-order valence-electron chi connectivity index (χ2n) is 3.28. The van der Waals surface area contributed by atoms with Crippen molar-refractivity contribution >= 4 is 17.4 Å². The Balaban J connectivity index is 2.62. The van der Waals surface area contributed by atoms with Crippen molar-refractivity contribution in [2.45, 2.75) is 17.9 Å². The molecule has 2 N–H and O–H groups in total. The molecule has 0 saturated carbocycles. The lowest BCUT2D eigenvalue weighted by Gasteiger charge is -2.07. The number of benzene rings is 1. The lowest BCUT2D eigenvalue weighted by Crippen LogP contribution is -2.12. The standard InChI is InChI=1S/C10H14N2O2S/c1-8(6-11)15-7-9-3-2-4-10(5-9)12(13)14/h2-5,8H,6-7,11H2,1H3. The van der Waals surface area contributed by atoms with Crippen molar-refractivity contribution in [3.05, 3.63) is 39.9 Å². The van der Waals surface area contributed by atoms with E-state index in [1.54, 1.807) is 23.9 Å². The molecular formula is C10H14N2O2S. The van der Waals surface area contributed by atoms with Crippen LogP contribution in [0.5, 0.6) is 0 Å². The fourth-order valence-corrected chi connectivity index (χ4v) is 1.86. The van der Waals surface area contributed by atoms with Crippen LogP contribution in [0.2, 0.25) is 0 Å². The van der Waals surface area contributed by atoms with Crippen LogP contribution in [0.3, 0.4) is 0 Å². The number of nitro benzene ring substituents is 1. The minimum Gasteiger partial charge on any atom is -0.329 e. The van der Waals surface area contributed by atoms with Crippen LogP contribution < -0.4 is 5.73 Å². The minimum atomic E-state index is -0.374. The van der Waals surface area contributed by atoms with Crippen molar-refractivity contribution in [2.24, 2.45) is 5.73 Å². The summed E-state index contributed by atoms with van der Waals surface area (Å²) in [5, 5.41) is 10.9. The van der Waals surface area contributed by atoms with Crippen LogP contribution in [-0.4, -0.2) is 16.7 Å². The number of nitrogens with two attached hydrogens (primary N) is 1. The summed E-state index contributed by atoms with van der Waals surface area (Å²) in [6, 6.07) is 6.71. The molecule has 0 fully saturated rings. The Morgan fingerprint density at radius 2 is 2.33 bits per heavy atom. The maximum absolute atomic E-state index is 10.5. The topological polar surface area (TPSA) is 69.2 Å². The Kier molecular flexibility index (Phi) is 4.58. The van der Waals surface area contributed by atoms with Crippen LogP contribution in [-0.2, 0) is 5.75 Å². The van der Waals surface area contributed by atoms with Crippen LogP contribution in [0, 0.1) is 10.1 Å². The molecule has 15 heavy (non-hydrogen) atoms. The molecule has 0 saturated heterocycles. The van der Waals surface area contributed by atoms with Crippen LogP contribution in [0.1, 0.15) is 12.5 Å². The number of nitrogens with zero attached hydrogens (tertiary/aromatic N) is 1. The Labute approximate surface area is 93.0 Å². The third-order valence-electron chi connectivity index (χ3n) is 1.99. The molecule has 0 radical (unpaired) electrons. The van der Waals surface area contributed by atoms with E-state index >= 15 is 0 Å². The highest BCUT2D eigenvalue weighted by Crippen LogP contribution is 2.20. The minimum absolute atomic E-state index is 0.147. The summed E-state index contributed by atoms with van der Waals surface area (Å²) in [7, 11) is 0. The van der Waals surface area contributed by atoms with Gasteiger partial charge in [-0.3, -0.25) is 10.1 Å². The fourth-order valence-electron chi connectivity index (χ4n) is 1.07. The lowest BCUT2D eigenvalue weighted by molar-refractivity contribution is -0.384. The van der Waals surface area contributed by atoms with Gasteiger partial charge in [0, 0.05) is 29.7 Å². The molecule has 4 nitrogen and oxygen atoms in total. The molecular weight excluding hydrogens is 212 g/mol. The largest absolute Gasteiger partial charge is 0.329 e. The summed E-state index contributed by atoms with van der Waals surface area (Å²) in [5.74, 6) is 0.764. The van der Waals surface area contributed by atoms with Crippen molar-refractivity contribution in [1.82, 2.24) is 0 Å². The van der Waals surface area contributed by atoms with E-state index in [0.29, 0.717) is 11.8 Å². The molecule has 0 bridgehead atoms. The molecule has 1 aromatic rings. The van der Waals surface area contributed by atoms with Gasteiger partial charge in [-0.2, -0.15) is 11.8 Å². The van der Waals surface area contributed by atoms with E-state index in [2.05, 4.69) is 0 Å². The number of non-ortho nitro benzene ring substituents is 1. The first kappa shape index (κ1) is 12.0. The average Bonchev–Trinajstić information content (AvgIpc) is 2.26. The molecule has 0 aliphatic rings. The summed E-state index contributed by atoms with van der Waals surface area (Å²) in [6.45, 7) is 2.67. The Bertz CT molecular complexity index is 344. The maximum Gasteiger partial charge on any atom is 0.269 e. The van der Waals surface area contributed by atoms with Gasteiger partial charge in [-0.05, 0) is 5.56 Å². The van der Waals surface area contributed by atoms with Gasteiger partial charge in [0.2, 0.25) is 0 Å². The monoisotopic (exact) mass is 226 g/mol. The molecule has 0 amide bonds. The van der Waals surface area contributed by atoms with Crippen LogP contribution in [0.15, 0.2) is 24.3 Å². The van der Waals surface area contributed by atoms with Gasteiger partial charge in [0.05, 0.1) is 4.92 Å². The second-order valence-corrected chi connectivity index (χ2v) is 4.71. The van der Waals surface area contributed by atoms with E-state index in [9.17, 15) is 10.1 Å². The summed E-state index contributed by atoms with van der Waals surface area (Å²) < 4.78 is 0. The number of hydrogen-bond acceptors (Lipinski definition) is 4. The summed E-state index contributed by atoms with van der Waals surface area (Å²) >= 11 is 1.70. The molecule has 0 spiro atoms. The highest BCUT2D eigenvalue weighted by molar-refractivity contribution is 7.99. The van der Waals surface area contributed by atoms with Crippen molar-refractivity contribution in [1.29, 1.82) is 0 Å². The molecule has 1 unspecified atom stereocenters. The average molecular weight is 226 g/mol. The van der Waals surface area contributed by atoms with Gasteiger partial charge < -0.3 is 5.73 Å². The Morgan fingerprint density at radius 1 is 1.60 bits per heavy atom. The molecule has 82 valence electrons. The summed E-state index contributed by atoms with van der Waals surface area (Å²) in [4.78, 5) is 10.2. The molecule has 0 aromatic heterocycles. The summed E-state index contributed by atoms with van der Waals surface area (Å²) in [5.41, 5.74) is 6.60. The van der Waals surface area contributed by atoms with E-state index in [1.165, 1.54) is 6.07 Å². The van der Waals surface area contributed by atoms with Crippen LogP contribution in [0.4, 0.5) is 5.69 Å². The normalized spacial score (nSPS) is 12.4. The fraction of sp³-hybridized carbons (Fsp3) is 0.400. The van der Waals surface area contributed by atoms with Crippen molar-refractivity contribution < 1.29 is 4.92 Å². The Hall–Kier alpha value is -1.07. The van der Waals surface area contributed by atoms with Gasteiger partial charge in [-0.15, -0.1) is 0 Å². The van der Waals surface area contributed by atoms with E-state index in [-0.39, 0.29) is 10.6 Å². The zero-order valence-corrected chi connectivity index (χ0v) is 9.37. The van der Waals surface area contributed by atoms with E-state index in [4.69, 9.17) is 5.73 Å². The molecule has 0 heterocycles. The first-order valence-corrected chi connectivity index (χ1v) is 5.73. The van der Waals surface area contributed by atoms with Crippen LogP contribution in [0.25, 0.3) is 0 Å². The van der Waals surface area contributed by atoms with E-state index in [0.717, 1.165) is 11.3 Å².